The van der Waals surface area contributed by atoms with E-state index in [1.54, 1.807) is 36.0 Å². The molecule has 2 aliphatic rings. The summed E-state index contributed by atoms with van der Waals surface area (Å²) in [6, 6.07) is 5.48. The first-order chi connectivity index (χ1) is 18.2. The molecule has 2 fully saturated rings. The van der Waals surface area contributed by atoms with Crippen LogP contribution in [-0.4, -0.2) is 71.4 Å². The maximum Gasteiger partial charge on any atom is 0.282 e. The lowest BCUT2D eigenvalue weighted by molar-refractivity contribution is -0.170. The van der Waals surface area contributed by atoms with Gasteiger partial charge >= 0.3 is 0 Å². The van der Waals surface area contributed by atoms with E-state index in [2.05, 4.69) is 25.4 Å². The van der Waals surface area contributed by atoms with Crippen LogP contribution in [-0.2, 0) is 11.3 Å². The lowest BCUT2D eigenvalue weighted by Crippen LogP contribution is -2.60. The Kier molecular flexibility index (Phi) is 5.95. The summed E-state index contributed by atoms with van der Waals surface area (Å²) in [5.74, 6) is -2.23. The van der Waals surface area contributed by atoms with Crippen LogP contribution in [0.1, 0.15) is 31.5 Å². The molecule has 0 unspecified atom stereocenters. The van der Waals surface area contributed by atoms with E-state index in [0.717, 1.165) is 5.56 Å². The minimum Gasteiger partial charge on any atom is -0.350 e. The molecule has 0 atom stereocenters. The van der Waals surface area contributed by atoms with E-state index in [0.29, 0.717) is 59.8 Å². The number of imidazole rings is 1. The molecular formula is C25H26F4N8O. The average Bonchev–Trinajstić information content (AvgIpc) is 3.42. The number of alkyl halides is 4. The molecule has 6 rings (SSSR count). The highest BCUT2D eigenvalue weighted by Gasteiger charge is 2.47. The zero-order valence-electron chi connectivity index (χ0n) is 20.6. The minimum absolute atomic E-state index is 0.0757. The molecule has 0 radical (unpaired) electrons. The van der Waals surface area contributed by atoms with Gasteiger partial charge in [0.15, 0.2) is 5.65 Å². The Morgan fingerprint density at radius 2 is 1.89 bits per heavy atom. The summed E-state index contributed by atoms with van der Waals surface area (Å²) in [4.78, 5) is 27.1. The van der Waals surface area contributed by atoms with Crippen molar-refractivity contribution in [2.45, 2.75) is 57.5 Å². The molecule has 38 heavy (non-hydrogen) atoms. The van der Waals surface area contributed by atoms with E-state index in [1.165, 1.54) is 9.47 Å². The number of halogens is 4. The Balaban J connectivity index is 1.14. The predicted octanol–water partition coefficient (Wildman–Crippen LogP) is 4.16. The molecule has 5 heterocycles. The Hall–Kier alpha value is -3.77. The number of nitrogens with one attached hydrogen (secondary N) is 1. The van der Waals surface area contributed by atoms with E-state index in [1.807, 2.05) is 6.07 Å². The molecule has 4 aromatic rings. The number of hydrogen-bond acceptors (Lipinski definition) is 6. The van der Waals surface area contributed by atoms with Gasteiger partial charge in [0, 0.05) is 23.7 Å². The SMILES string of the molecule is Cc1nc2ccc(-c3ccn4nc(NC5CCC(C(=O)N6CC(F)(F)C6)CC5)ncc34)nc2n1CC(F)F. The Labute approximate surface area is 214 Å². The van der Waals surface area contributed by atoms with E-state index >= 15 is 0 Å². The van der Waals surface area contributed by atoms with Gasteiger partial charge in [0.1, 0.15) is 11.3 Å². The lowest BCUT2D eigenvalue weighted by atomic mass is 9.84. The molecule has 1 saturated heterocycles. The van der Waals surface area contributed by atoms with Crippen LogP contribution in [0, 0.1) is 12.8 Å². The van der Waals surface area contributed by atoms with Gasteiger partial charge in [0.25, 0.3) is 12.3 Å². The van der Waals surface area contributed by atoms with Crippen LogP contribution in [0.3, 0.4) is 0 Å². The highest BCUT2D eigenvalue weighted by Crippen LogP contribution is 2.33. The Morgan fingerprint density at radius 3 is 2.61 bits per heavy atom. The van der Waals surface area contributed by atoms with Crippen LogP contribution in [0.25, 0.3) is 27.9 Å². The number of aromatic nitrogens is 6. The fourth-order valence-electron chi connectivity index (χ4n) is 5.40. The van der Waals surface area contributed by atoms with Crippen LogP contribution >= 0.6 is 0 Å². The Bertz CT molecular complexity index is 1500. The van der Waals surface area contributed by atoms with Gasteiger partial charge in [-0.25, -0.2) is 37.0 Å². The molecular weight excluding hydrogens is 504 g/mol. The first kappa shape index (κ1) is 24.6. The quantitative estimate of drug-likeness (QED) is 0.377. The van der Waals surface area contributed by atoms with E-state index in [-0.39, 0.29) is 17.9 Å². The van der Waals surface area contributed by atoms with Crippen molar-refractivity contribution in [3.63, 3.8) is 0 Å². The Morgan fingerprint density at radius 1 is 1.13 bits per heavy atom. The second-order valence-corrected chi connectivity index (χ2v) is 10.1. The van der Waals surface area contributed by atoms with Crippen molar-refractivity contribution in [3.8, 4) is 11.3 Å². The molecule has 1 aliphatic carbocycles. The van der Waals surface area contributed by atoms with Crippen LogP contribution < -0.4 is 5.32 Å². The van der Waals surface area contributed by atoms with Gasteiger partial charge in [-0.3, -0.25) is 4.79 Å². The molecule has 200 valence electrons. The summed E-state index contributed by atoms with van der Waals surface area (Å²) in [5.41, 5.74) is 3.02. The third-order valence-electron chi connectivity index (χ3n) is 7.36. The monoisotopic (exact) mass is 530 g/mol. The second-order valence-electron chi connectivity index (χ2n) is 10.1. The zero-order chi connectivity index (χ0) is 26.6. The molecule has 13 heteroatoms. The van der Waals surface area contributed by atoms with Crippen molar-refractivity contribution < 1.29 is 22.4 Å². The fraction of sp³-hybridized carbons (Fsp3) is 0.480. The van der Waals surface area contributed by atoms with Crippen LogP contribution in [0.2, 0.25) is 0 Å². The van der Waals surface area contributed by atoms with Crippen molar-refractivity contribution in [3.05, 3.63) is 36.4 Å². The summed E-state index contributed by atoms with van der Waals surface area (Å²) in [7, 11) is 0. The number of amides is 1. The zero-order valence-corrected chi connectivity index (χ0v) is 20.6. The van der Waals surface area contributed by atoms with Crippen LogP contribution in [0.15, 0.2) is 30.6 Å². The number of anilines is 1. The molecule has 0 aromatic carbocycles. The highest BCUT2D eigenvalue weighted by molar-refractivity contribution is 5.83. The average molecular weight is 531 g/mol. The number of carbonyl (C=O) groups excluding carboxylic acids is 1. The number of likely N-dealkylation sites (tertiary alicyclic amines) is 1. The molecule has 0 spiro atoms. The molecule has 9 nitrogen and oxygen atoms in total. The molecule has 0 bridgehead atoms. The number of rotatable bonds is 6. The first-order valence-corrected chi connectivity index (χ1v) is 12.6. The van der Waals surface area contributed by atoms with E-state index in [4.69, 9.17) is 0 Å². The molecule has 1 amide bonds. The normalized spacial score (nSPS) is 21.3. The van der Waals surface area contributed by atoms with E-state index < -0.39 is 32.0 Å². The van der Waals surface area contributed by atoms with Crippen molar-refractivity contribution >= 4 is 28.5 Å². The van der Waals surface area contributed by atoms with Crippen LogP contribution in [0.4, 0.5) is 23.5 Å². The standard InChI is InChI=1S/C25H26F4N8O/c1-14-31-19-7-6-18(33-22(19)36(14)11-21(26)27)17-8-9-37-20(17)10-30-24(34-37)32-16-4-2-15(3-5-16)23(38)35-12-25(28,29)13-35/h6-10,15-16,21H,2-5,11-13H2,1H3,(H,32,34). The first-order valence-electron chi connectivity index (χ1n) is 12.6. The van der Waals surface area contributed by atoms with E-state index in [9.17, 15) is 22.4 Å². The largest absolute Gasteiger partial charge is 0.350 e. The van der Waals surface area contributed by atoms with Gasteiger partial charge in [-0.05, 0) is 50.8 Å². The number of carbonyl (C=O) groups is 1. The molecule has 4 aromatic heterocycles. The van der Waals surface area contributed by atoms with Gasteiger partial charge in [0.2, 0.25) is 11.9 Å². The maximum absolute atomic E-state index is 13.1. The number of nitrogens with zero attached hydrogens (tertiary/aromatic N) is 7. The summed E-state index contributed by atoms with van der Waals surface area (Å²) >= 11 is 0. The molecule has 1 saturated carbocycles. The number of aryl methyl sites for hydroxylation is 1. The summed E-state index contributed by atoms with van der Waals surface area (Å²) in [6.45, 7) is 0.258. The fourth-order valence-corrected chi connectivity index (χ4v) is 5.40. The number of pyridine rings is 1. The van der Waals surface area contributed by atoms with Gasteiger partial charge < -0.3 is 14.8 Å². The summed E-state index contributed by atoms with van der Waals surface area (Å²) in [5, 5.41) is 7.87. The maximum atomic E-state index is 13.1. The smallest absolute Gasteiger partial charge is 0.282 e. The van der Waals surface area contributed by atoms with Crippen molar-refractivity contribution in [2.75, 3.05) is 18.4 Å². The third-order valence-corrected chi connectivity index (χ3v) is 7.36. The van der Waals surface area contributed by atoms with Gasteiger partial charge in [-0.2, -0.15) is 0 Å². The highest BCUT2D eigenvalue weighted by atomic mass is 19.3. The van der Waals surface area contributed by atoms with Crippen molar-refractivity contribution in [1.82, 2.24) is 34.0 Å². The number of hydrogen-bond donors (Lipinski definition) is 1. The third kappa shape index (κ3) is 4.54. The van der Waals surface area contributed by atoms with Crippen molar-refractivity contribution in [2.24, 2.45) is 5.92 Å². The minimum atomic E-state index is -2.75. The molecule has 1 N–H and O–H groups in total. The van der Waals surface area contributed by atoms with Gasteiger partial charge in [-0.1, -0.05) is 0 Å². The van der Waals surface area contributed by atoms with Crippen LogP contribution in [0.5, 0.6) is 0 Å². The van der Waals surface area contributed by atoms with Gasteiger partial charge in [0.05, 0.1) is 37.0 Å². The molecule has 1 aliphatic heterocycles. The van der Waals surface area contributed by atoms with Crippen molar-refractivity contribution in [1.29, 1.82) is 0 Å². The topological polar surface area (TPSA) is 93.2 Å². The number of fused-ring (bicyclic) bond motifs is 2. The predicted molar refractivity (Wildman–Crippen MR) is 131 cm³/mol. The summed E-state index contributed by atoms with van der Waals surface area (Å²) < 4.78 is 55.5. The summed E-state index contributed by atoms with van der Waals surface area (Å²) in [6.07, 6.45) is 3.63. The van der Waals surface area contributed by atoms with Gasteiger partial charge in [-0.15, -0.1) is 5.10 Å². The lowest BCUT2D eigenvalue weighted by Gasteiger charge is -2.41. The second kappa shape index (κ2) is 9.21.